The molecule has 0 fully saturated rings. The predicted octanol–water partition coefficient (Wildman–Crippen LogP) is 3.05. The quantitative estimate of drug-likeness (QED) is 0.829. The fraction of sp³-hybridized carbons (Fsp3) is 0.562. The molecule has 0 unspecified atom stereocenters. The van der Waals surface area contributed by atoms with Crippen LogP contribution in [0, 0.1) is 5.92 Å². The van der Waals surface area contributed by atoms with Crippen LogP contribution in [0.25, 0.3) is 0 Å². The van der Waals surface area contributed by atoms with Gasteiger partial charge in [-0.2, -0.15) is 0 Å². The Morgan fingerprint density at radius 3 is 2.26 bits per heavy atom. The van der Waals surface area contributed by atoms with Gasteiger partial charge >= 0.3 is 0 Å². The lowest BCUT2D eigenvalue weighted by atomic mass is 9.83. The summed E-state index contributed by atoms with van der Waals surface area (Å²) >= 11 is 0. The van der Waals surface area contributed by atoms with E-state index in [9.17, 15) is 4.79 Å². The van der Waals surface area contributed by atoms with Gasteiger partial charge < -0.3 is 10.6 Å². The largest absolute Gasteiger partial charge is 0.399 e. The number of likely N-dealkylation sites (N-methyl/N-ethyl adjacent to an activating group) is 1. The second-order valence-corrected chi connectivity index (χ2v) is 6.16. The van der Waals surface area contributed by atoms with Gasteiger partial charge in [0, 0.05) is 19.3 Å². The van der Waals surface area contributed by atoms with Gasteiger partial charge in [0.2, 0.25) is 5.91 Å². The minimum Gasteiger partial charge on any atom is -0.399 e. The highest BCUT2D eigenvalue weighted by Crippen LogP contribution is 2.26. The molecule has 0 aromatic heterocycles. The molecule has 0 saturated heterocycles. The van der Waals surface area contributed by atoms with E-state index in [1.165, 1.54) is 0 Å². The first kappa shape index (κ1) is 15.5. The lowest BCUT2D eigenvalue weighted by Crippen LogP contribution is -2.42. The van der Waals surface area contributed by atoms with Crippen LogP contribution < -0.4 is 5.73 Å². The molecule has 0 aliphatic heterocycles. The molecule has 0 aliphatic rings. The highest BCUT2D eigenvalue weighted by molar-refractivity contribution is 5.87. The van der Waals surface area contributed by atoms with Crippen molar-refractivity contribution in [1.29, 1.82) is 0 Å². The monoisotopic (exact) mass is 262 g/mol. The summed E-state index contributed by atoms with van der Waals surface area (Å²) in [5.74, 6) is 0.757. The van der Waals surface area contributed by atoms with Crippen LogP contribution >= 0.6 is 0 Å². The van der Waals surface area contributed by atoms with E-state index in [0.29, 0.717) is 5.92 Å². The van der Waals surface area contributed by atoms with Crippen LogP contribution in [0.15, 0.2) is 24.3 Å². The summed E-state index contributed by atoms with van der Waals surface area (Å²) in [7, 11) is 1.88. The van der Waals surface area contributed by atoms with Crippen molar-refractivity contribution in [3.05, 3.63) is 29.8 Å². The maximum absolute atomic E-state index is 12.6. The molecule has 1 amide bonds. The highest BCUT2D eigenvalue weighted by atomic mass is 16.2. The number of hydrogen-bond acceptors (Lipinski definition) is 2. The minimum absolute atomic E-state index is 0.151. The molecule has 0 atom stereocenters. The number of benzene rings is 1. The second kappa shape index (κ2) is 6.09. The van der Waals surface area contributed by atoms with Crippen LogP contribution in [0.4, 0.5) is 5.69 Å². The molecule has 1 rings (SSSR count). The summed E-state index contributed by atoms with van der Waals surface area (Å²) in [5.41, 5.74) is 6.90. The number of carbonyl (C=O) groups excluding carboxylic acids is 1. The number of amides is 1. The van der Waals surface area contributed by atoms with Crippen LogP contribution in [0.5, 0.6) is 0 Å². The van der Waals surface area contributed by atoms with Gasteiger partial charge in [0.25, 0.3) is 0 Å². The van der Waals surface area contributed by atoms with E-state index < -0.39 is 5.41 Å². The zero-order valence-electron chi connectivity index (χ0n) is 12.7. The van der Waals surface area contributed by atoms with Gasteiger partial charge in [0.05, 0.1) is 5.41 Å². The topological polar surface area (TPSA) is 46.3 Å². The molecule has 106 valence electrons. The minimum atomic E-state index is -0.514. The highest BCUT2D eigenvalue weighted by Gasteiger charge is 2.32. The van der Waals surface area contributed by atoms with Crippen molar-refractivity contribution >= 4 is 11.6 Å². The van der Waals surface area contributed by atoms with Crippen molar-refractivity contribution < 1.29 is 4.79 Å². The number of rotatable bonds is 5. The summed E-state index contributed by atoms with van der Waals surface area (Å²) in [4.78, 5) is 14.4. The van der Waals surface area contributed by atoms with Gasteiger partial charge in [-0.3, -0.25) is 4.79 Å². The van der Waals surface area contributed by atoms with E-state index in [1.807, 2.05) is 50.1 Å². The van der Waals surface area contributed by atoms with E-state index in [4.69, 9.17) is 5.73 Å². The van der Waals surface area contributed by atoms with Crippen molar-refractivity contribution in [3.63, 3.8) is 0 Å². The summed E-state index contributed by atoms with van der Waals surface area (Å²) in [6, 6.07) is 7.56. The van der Waals surface area contributed by atoms with E-state index >= 15 is 0 Å². The molecule has 0 bridgehead atoms. The summed E-state index contributed by atoms with van der Waals surface area (Å²) in [6.07, 6.45) is 1.03. The third-order valence-electron chi connectivity index (χ3n) is 3.56. The molecular formula is C16H26N2O. The van der Waals surface area contributed by atoms with Gasteiger partial charge in [0.1, 0.15) is 0 Å². The van der Waals surface area contributed by atoms with Crippen LogP contribution in [-0.4, -0.2) is 24.4 Å². The fourth-order valence-corrected chi connectivity index (χ4v) is 2.05. The maximum atomic E-state index is 12.6. The molecule has 0 spiro atoms. The van der Waals surface area contributed by atoms with E-state index in [1.54, 1.807) is 0 Å². The summed E-state index contributed by atoms with van der Waals surface area (Å²) in [5, 5.41) is 0. The average molecular weight is 262 g/mol. The van der Waals surface area contributed by atoms with E-state index in [-0.39, 0.29) is 5.91 Å². The zero-order chi connectivity index (χ0) is 14.6. The summed E-state index contributed by atoms with van der Waals surface area (Å²) in [6.45, 7) is 9.07. The molecule has 2 N–H and O–H groups in total. The molecule has 3 heteroatoms. The SMILES string of the molecule is CC(C)CCN(C)C(=O)C(C)(C)c1ccc(N)cc1. The zero-order valence-corrected chi connectivity index (χ0v) is 12.7. The van der Waals surface area contributed by atoms with Gasteiger partial charge in [-0.1, -0.05) is 26.0 Å². The Bertz CT molecular complexity index is 421. The van der Waals surface area contributed by atoms with E-state index in [0.717, 1.165) is 24.2 Å². The standard InChI is InChI=1S/C16H26N2O/c1-12(2)10-11-18(5)15(19)16(3,4)13-6-8-14(17)9-7-13/h6-9,12H,10-11,17H2,1-5H3. The molecule has 0 heterocycles. The summed E-state index contributed by atoms with van der Waals surface area (Å²) < 4.78 is 0. The van der Waals surface area contributed by atoms with Crippen molar-refractivity contribution in [2.45, 2.75) is 39.5 Å². The molecule has 0 radical (unpaired) electrons. The Morgan fingerprint density at radius 2 is 1.79 bits per heavy atom. The second-order valence-electron chi connectivity index (χ2n) is 6.16. The van der Waals surface area contributed by atoms with Crippen LogP contribution in [0.2, 0.25) is 0 Å². The van der Waals surface area contributed by atoms with Gasteiger partial charge in [-0.05, 0) is 43.9 Å². The van der Waals surface area contributed by atoms with Crippen molar-refractivity contribution in [2.24, 2.45) is 5.92 Å². The fourth-order valence-electron chi connectivity index (χ4n) is 2.05. The van der Waals surface area contributed by atoms with Crippen LogP contribution in [0.3, 0.4) is 0 Å². The normalized spacial score (nSPS) is 11.7. The molecule has 1 aromatic carbocycles. The molecule has 3 nitrogen and oxygen atoms in total. The maximum Gasteiger partial charge on any atom is 0.232 e. The molecule has 0 aliphatic carbocycles. The lowest BCUT2D eigenvalue weighted by molar-refractivity contribution is -0.135. The third kappa shape index (κ3) is 3.98. The van der Waals surface area contributed by atoms with E-state index in [2.05, 4.69) is 13.8 Å². The number of nitrogens with zero attached hydrogens (tertiary/aromatic N) is 1. The smallest absolute Gasteiger partial charge is 0.232 e. The third-order valence-corrected chi connectivity index (χ3v) is 3.56. The molecule has 1 aromatic rings. The Hall–Kier alpha value is -1.51. The Balaban J connectivity index is 2.81. The molecule has 19 heavy (non-hydrogen) atoms. The Labute approximate surface area is 116 Å². The number of hydrogen-bond donors (Lipinski definition) is 1. The number of anilines is 1. The number of nitrogen functional groups attached to an aromatic ring is 1. The molecule has 0 saturated carbocycles. The van der Waals surface area contributed by atoms with Gasteiger partial charge in [-0.25, -0.2) is 0 Å². The van der Waals surface area contributed by atoms with Crippen molar-refractivity contribution in [3.8, 4) is 0 Å². The van der Waals surface area contributed by atoms with Gasteiger partial charge in [-0.15, -0.1) is 0 Å². The van der Waals surface area contributed by atoms with Crippen molar-refractivity contribution in [2.75, 3.05) is 19.3 Å². The lowest BCUT2D eigenvalue weighted by Gasteiger charge is -2.30. The van der Waals surface area contributed by atoms with Crippen LogP contribution in [-0.2, 0) is 10.2 Å². The first-order chi connectivity index (χ1) is 8.75. The van der Waals surface area contributed by atoms with Crippen LogP contribution in [0.1, 0.15) is 39.7 Å². The Morgan fingerprint density at radius 1 is 1.26 bits per heavy atom. The first-order valence-electron chi connectivity index (χ1n) is 6.86. The average Bonchev–Trinajstić information content (AvgIpc) is 2.35. The predicted molar refractivity (Wildman–Crippen MR) is 81.0 cm³/mol. The van der Waals surface area contributed by atoms with Gasteiger partial charge in [0.15, 0.2) is 0 Å². The Kier molecular flexibility index (Phi) is 4.98. The number of carbonyl (C=O) groups is 1. The molecular weight excluding hydrogens is 236 g/mol. The first-order valence-corrected chi connectivity index (χ1v) is 6.86. The number of nitrogens with two attached hydrogens (primary N) is 1. The van der Waals surface area contributed by atoms with Crippen molar-refractivity contribution in [1.82, 2.24) is 4.90 Å².